The van der Waals surface area contributed by atoms with Crippen LogP contribution >= 0.6 is 0 Å². The van der Waals surface area contributed by atoms with Gasteiger partial charge in [-0.2, -0.15) is 4.31 Å². The van der Waals surface area contributed by atoms with Crippen molar-refractivity contribution >= 4 is 10.0 Å². The van der Waals surface area contributed by atoms with Crippen LogP contribution in [0.15, 0.2) is 27.5 Å². The molecule has 0 radical (unpaired) electrons. The summed E-state index contributed by atoms with van der Waals surface area (Å²) >= 11 is 0. The van der Waals surface area contributed by atoms with Crippen molar-refractivity contribution in [1.82, 2.24) is 19.4 Å². The zero-order valence-electron chi connectivity index (χ0n) is 14.9. The molecule has 0 bridgehead atoms. The highest BCUT2D eigenvalue weighted by atomic mass is 32.2. The highest BCUT2D eigenvalue weighted by molar-refractivity contribution is 7.89. The van der Waals surface area contributed by atoms with Crippen molar-refractivity contribution in [2.45, 2.75) is 38.6 Å². The summed E-state index contributed by atoms with van der Waals surface area (Å²) in [7, 11) is -3.44. The molecule has 0 saturated carbocycles. The van der Waals surface area contributed by atoms with Gasteiger partial charge in [-0.3, -0.25) is 4.90 Å². The Morgan fingerprint density at radius 2 is 1.72 bits per heavy atom. The number of nitrogens with zero attached hydrogens (tertiary/aromatic N) is 4. The second-order valence-corrected chi connectivity index (χ2v) is 8.31. The first-order valence-electron chi connectivity index (χ1n) is 8.51. The SMILES string of the molecule is CCc1nnc(CN2CCN(S(=O)(=O)c3ccc(C)c(C)c3)CC2)o1. The van der Waals surface area contributed by atoms with Crippen LogP contribution in [0.5, 0.6) is 0 Å². The van der Waals surface area contributed by atoms with E-state index in [-0.39, 0.29) is 0 Å². The second kappa shape index (κ2) is 7.23. The molecule has 1 aliphatic rings. The molecule has 8 heteroatoms. The molecule has 136 valence electrons. The molecule has 0 amide bonds. The molecule has 0 unspecified atom stereocenters. The number of sulfonamides is 1. The minimum atomic E-state index is -3.44. The third kappa shape index (κ3) is 3.91. The molecule has 1 fully saturated rings. The van der Waals surface area contributed by atoms with Gasteiger partial charge in [0, 0.05) is 32.6 Å². The topological polar surface area (TPSA) is 79.5 Å². The normalized spacial score (nSPS) is 17.1. The lowest BCUT2D eigenvalue weighted by Gasteiger charge is -2.33. The van der Waals surface area contributed by atoms with Gasteiger partial charge < -0.3 is 4.42 Å². The van der Waals surface area contributed by atoms with E-state index in [0.717, 1.165) is 17.5 Å². The van der Waals surface area contributed by atoms with Crippen LogP contribution in [0.4, 0.5) is 0 Å². The Morgan fingerprint density at radius 3 is 2.32 bits per heavy atom. The number of rotatable bonds is 5. The van der Waals surface area contributed by atoms with Crippen LogP contribution in [0.1, 0.15) is 29.8 Å². The summed E-state index contributed by atoms with van der Waals surface area (Å²) in [5.74, 6) is 1.22. The van der Waals surface area contributed by atoms with E-state index in [1.165, 1.54) is 0 Å². The molecule has 0 N–H and O–H groups in total. The Balaban J connectivity index is 1.63. The summed E-state index contributed by atoms with van der Waals surface area (Å²) in [5, 5.41) is 7.98. The fourth-order valence-corrected chi connectivity index (χ4v) is 4.35. The summed E-state index contributed by atoms with van der Waals surface area (Å²) in [5.41, 5.74) is 2.08. The van der Waals surface area contributed by atoms with Gasteiger partial charge in [-0.1, -0.05) is 13.0 Å². The Bertz CT molecular complexity index is 839. The lowest BCUT2D eigenvalue weighted by Crippen LogP contribution is -2.48. The highest BCUT2D eigenvalue weighted by Gasteiger charge is 2.29. The third-order valence-corrected chi connectivity index (χ3v) is 6.51. The number of benzene rings is 1. The van der Waals surface area contributed by atoms with E-state index in [1.807, 2.05) is 26.8 Å². The lowest BCUT2D eigenvalue weighted by atomic mass is 10.1. The predicted octanol–water partition coefficient (Wildman–Crippen LogP) is 1.76. The molecule has 7 nitrogen and oxygen atoms in total. The number of piperazine rings is 1. The van der Waals surface area contributed by atoms with Crippen LogP contribution in [0, 0.1) is 13.8 Å². The van der Waals surface area contributed by atoms with Gasteiger partial charge in [0.1, 0.15) is 0 Å². The third-order valence-electron chi connectivity index (χ3n) is 4.62. The van der Waals surface area contributed by atoms with E-state index in [0.29, 0.717) is 49.4 Å². The number of hydrogen-bond acceptors (Lipinski definition) is 6. The summed E-state index contributed by atoms with van der Waals surface area (Å²) in [6, 6.07) is 5.30. The molecule has 25 heavy (non-hydrogen) atoms. The van der Waals surface area contributed by atoms with Crippen LogP contribution in [0.25, 0.3) is 0 Å². The van der Waals surface area contributed by atoms with E-state index in [9.17, 15) is 8.42 Å². The zero-order chi connectivity index (χ0) is 18.0. The molecule has 0 spiro atoms. The predicted molar refractivity (Wildman–Crippen MR) is 93.6 cm³/mol. The second-order valence-electron chi connectivity index (χ2n) is 6.37. The van der Waals surface area contributed by atoms with E-state index in [1.54, 1.807) is 16.4 Å². The molecule has 1 aromatic heterocycles. The minimum Gasteiger partial charge on any atom is -0.424 e. The molecule has 2 heterocycles. The van der Waals surface area contributed by atoms with Crippen molar-refractivity contribution in [3.8, 4) is 0 Å². The van der Waals surface area contributed by atoms with E-state index in [4.69, 9.17) is 4.42 Å². The number of aryl methyl sites for hydroxylation is 3. The molecule has 1 aromatic carbocycles. The van der Waals surface area contributed by atoms with Crippen molar-refractivity contribution < 1.29 is 12.8 Å². The van der Waals surface area contributed by atoms with Crippen molar-refractivity contribution in [2.24, 2.45) is 0 Å². The Labute approximate surface area is 148 Å². The van der Waals surface area contributed by atoms with Gasteiger partial charge in [-0.05, 0) is 37.1 Å². The van der Waals surface area contributed by atoms with Gasteiger partial charge in [0.2, 0.25) is 21.8 Å². The molecule has 3 rings (SSSR count). The summed E-state index contributed by atoms with van der Waals surface area (Å²) < 4.78 is 32.7. The van der Waals surface area contributed by atoms with Crippen LogP contribution in [0.3, 0.4) is 0 Å². The molecule has 0 atom stereocenters. The van der Waals surface area contributed by atoms with E-state index >= 15 is 0 Å². The maximum absolute atomic E-state index is 12.8. The number of aromatic nitrogens is 2. The molecular formula is C17H24N4O3S. The summed E-state index contributed by atoms with van der Waals surface area (Å²) in [4.78, 5) is 2.51. The van der Waals surface area contributed by atoms with Gasteiger partial charge in [-0.25, -0.2) is 8.42 Å². The fourth-order valence-electron chi connectivity index (χ4n) is 2.84. The standard InChI is InChI=1S/C17H24N4O3S/c1-4-16-18-19-17(24-16)12-20-7-9-21(10-8-20)25(22,23)15-6-5-13(2)14(3)11-15/h5-6,11H,4,7-10,12H2,1-3H3. The average Bonchev–Trinajstić information content (AvgIpc) is 3.05. The van der Waals surface area contributed by atoms with Crippen LogP contribution in [-0.4, -0.2) is 54.0 Å². The molecule has 0 aliphatic carbocycles. The van der Waals surface area contributed by atoms with Crippen molar-refractivity contribution in [3.63, 3.8) is 0 Å². The van der Waals surface area contributed by atoms with Gasteiger partial charge in [-0.15, -0.1) is 10.2 Å². The van der Waals surface area contributed by atoms with Crippen molar-refractivity contribution in [1.29, 1.82) is 0 Å². The first-order valence-corrected chi connectivity index (χ1v) is 9.95. The summed E-state index contributed by atoms with van der Waals surface area (Å²) in [6.07, 6.45) is 0.717. The largest absolute Gasteiger partial charge is 0.424 e. The van der Waals surface area contributed by atoms with Gasteiger partial charge in [0.05, 0.1) is 11.4 Å². The Kier molecular flexibility index (Phi) is 5.21. The quantitative estimate of drug-likeness (QED) is 0.804. The highest BCUT2D eigenvalue weighted by Crippen LogP contribution is 2.21. The van der Waals surface area contributed by atoms with Crippen molar-refractivity contribution in [2.75, 3.05) is 26.2 Å². The first kappa shape index (κ1) is 18.0. The molecular weight excluding hydrogens is 340 g/mol. The summed E-state index contributed by atoms with van der Waals surface area (Å²) in [6.45, 7) is 8.65. The molecule has 1 aliphatic heterocycles. The maximum atomic E-state index is 12.8. The first-order chi connectivity index (χ1) is 11.9. The smallest absolute Gasteiger partial charge is 0.243 e. The van der Waals surface area contributed by atoms with E-state index < -0.39 is 10.0 Å². The Hall–Kier alpha value is -1.77. The van der Waals surface area contributed by atoms with Crippen molar-refractivity contribution in [3.05, 3.63) is 41.1 Å². The van der Waals surface area contributed by atoms with Crippen LogP contribution in [0.2, 0.25) is 0 Å². The molecule has 2 aromatic rings. The Morgan fingerprint density at radius 1 is 1.04 bits per heavy atom. The number of hydrogen-bond donors (Lipinski definition) is 0. The average molecular weight is 364 g/mol. The minimum absolute atomic E-state index is 0.369. The fraction of sp³-hybridized carbons (Fsp3) is 0.529. The monoisotopic (exact) mass is 364 g/mol. The van der Waals surface area contributed by atoms with Gasteiger partial charge in [0.15, 0.2) is 0 Å². The zero-order valence-corrected chi connectivity index (χ0v) is 15.7. The molecule has 1 saturated heterocycles. The van der Waals surface area contributed by atoms with Gasteiger partial charge in [0.25, 0.3) is 0 Å². The van der Waals surface area contributed by atoms with Crippen LogP contribution in [-0.2, 0) is 23.0 Å². The maximum Gasteiger partial charge on any atom is 0.243 e. The lowest BCUT2D eigenvalue weighted by molar-refractivity contribution is 0.167. The van der Waals surface area contributed by atoms with Gasteiger partial charge >= 0.3 is 0 Å². The van der Waals surface area contributed by atoms with Crippen LogP contribution < -0.4 is 0 Å². The van der Waals surface area contributed by atoms with E-state index in [2.05, 4.69) is 15.1 Å².